The average molecular weight is 758 g/mol. The minimum atomic E-state index is -1.83. The van der Waals surface area contributed by atoms with E-state index in [-0.39, 0.29) is 39.0 Å². The second kappa shape index (κ2) is 13.4. The summed E-state index contributed by atoms with van der Waals surface area (Å²) in [6.45, 7) is 3.13. The Balaban J connectivity index is 1.22. The summed E-state index contributed by atoms with van der Waals surface area (Å²) in [5.74, 6) is -4.35. The quantitative estimate of drug-likeness (QED) is 0.0443. The van der Waals surface area contributed by atoms with E-state index in [2.05, 4.69) is 15.5 Å². The molecule has 0 aliphatic carbocycles. The molecule has 0 bridgehead atoms. The smallest absolute Gasteiger partial charge is 0.350 e. The molecule has 6 heterocycles. The van der Waals surface area contributed by atoms with Crippen molar-refractivity contribution in [2.24, 2.45) is 10.9 Å². The summed E-state index contributed by atoms with van der Waals surface area (Å²) >= 11 is 9.81. The second-order valence-corrected chi connectivity index (χ2v) is 15.5. The van der Waals surface area contributed by atoms with E-state index in [9.17, 15) is 29.4 Å². The molecule has 0 aromatic carbocycles. The van der Waals surface area contributed by atoms with Gasteiger partial charge in [-0.2, -0.15) is 4.57 Å². The number of aromatic nitrogens is 3. The van der Waals surface area contributed by atoms with Crippen LogP contribution in [0.2, 0.25) is 4.34 Å². The Morgan fingerprint density at radius 3 is 2.74 bits per heavy atom. The van der Waals surface area contributed by atoms with Gasteiger partial charge >= 0.3 is 5.97 Å². The van der Waals surface area contributed by atoms with E-state index in [4.69, 9.17) is 33.3 Å². The number of thiophene rings is 1. The predicted molar refractivity (Wildman–Crippen MR) is 184 cm³/mol. The number of hydrogen-bond donors (Lipinski definition) is 5. The molecule has 4 aromatic rings. The maximum atomic E-state index is 13.5. The molecular formula is C30H28ClN9O7S3. The van der Waals surface area contributed by atoms with Crippen LogP contribution in [0.4, 0.5) is 5.13 Å². The molecule has 2 aliphatic heterocycles. The molecule has 1 saturated heterocycles. The minimum absolute atomic E-state index is 0.00172. The fourth-order valence-electron chi connectivity index (χ4n) is 5.25. The molecule has 4 aromatic heterocycles. The van der Waals surface area contributed by atoms with Crippen molar-refractivity contribution in [3.63, 3.8) is 0 Å². The maximum Gasteiger partial charge on any atom is 0.350 e. The van der Waals surface area contributed by atoms with Crippen LogP contribution >= 0.6 is 46.0 Å². The topological polar surface area (TPSA) is 246 Å². The lowest BCUT2D eigenvalue weighted by Crippen LogP contribution is -2.71. The number of β-lactam (4-membered cyclic amide) rings is 1. The van der Waals surface area contributed by atoms with Crippen LogP contribution < -0.4 is 26.5 Å². The third-order valence-corrected chi connectivity index (χ3v) is 11.2. The molecule has 2 aliphatic rings. The van der Waals surface area contributed by atoms with Gasteiger partial charge in [0.2, 0.25) is 5.60 Å². The molecule has 7 N–H and O–H groups in total. The first-order valence-electron chi connectivity index (χ1n) is 14.6. The number of carbonyl (C=O) groups excluding carboxylic acids is 3. The number of pyridine rings is 1. The highest BCUT2D eigenvalue weighted by Crippen LogP contribution is 2.40. The number of thiazole rings is 1. The Labute approximate surface area is 300 Å². The van der Waals surface area contributed by atoms with Crippen molar-refractivity contribution in [3.8, 4) is 0 Å². The molecule has 0 unspecified atom stereocenters. The van der Waals surface area contributed by atoms with Gasteiger partial charge in [-0.3, -0.25) is 19.9 Å². The van der Waals surface area contributed by atoms with Crippen molar-refractivity contribution in [3.05, 3.63) is 73.9 Å². The number of nitrogens with zero attached hydrogens (tertiary/aromatic N) is 5. The van der Waals surface area contributed by atoms with Gasteiger partial charge in [-0.15, -0.1) is 23.1 Å². The number of fused-ring (bicyclic) bond motifs is 2. The summed E-state index contributed by atoms with van der Waals surface area (Å²) in [5.41, 5.74) is 10.5. The number of amidine groups is 1. The summed E-state index contributed by atoms with van der Waals surface area (Å²) in [6, 6.07) is 4.57. The van der Waals surface area contributed by atoms with Crippen LogP contribution in [0.15, 0.2) is 58.6 Å². The first kappa shape index (κ1) is 34.9. The number of hydrogen-bond acceptors (Lipinski definition) is 13. The first-order valence-corrected chi connectivity index (χ1v) is 17.8. The van der Waals surface area contributed by atoms with E-state index < -0.39 is 46.5 Å². The molecule has 6 rings (SSSR count). The standard InChI is InChI=1S/C30H28ClN9O7S3/c1-30(2,28(45)46)47-37-19(18-22(31)50-29(34)36-18)24(41)35-20-25(42)40-21(27(43)44)15(12-49-26(20)40)8-38-5-3-13-4-6-39(17(13)10-38)9-16-7-14(11-48-16)23(32)33/h3-7,10-11,20,26H,8-9,12H2,1-2H3,(H7-,32,33,34,35,36,41,43,44,45,46)/b37-19-/t20-,26-/m1/s1. The van der Waals surface area contributed by atoms with Crippen molar-refractivity contribution in [2.75, 3.05) is 11.5 Å². The van der Waals surface area contributed by atoms with E-state index in [1.807, 2.05) is 51.3 Å². The number of nitrogens with two attached hydrogens (primary N) is 2. The third kappa shape index (κ3) is 6.63. The van der Waals surface area contributed by atoms with E-state index in [0.29, 0.717) is 17.7 Å². The number of thioether (sulfide) groups is 1. The molecule has 16 nitrogen and oxygen atoms in total. The summed E-state index contributed by atoms with van der Waals surface area (Å²) < 4.78 is 3.83. The van der Waals surface area contributed by atoms with Crippen molar-refractivity contribution in [1.82, 2.24) is 19.8 Å². The van der Waals surface area contributed by atoms with Crippen molar-refractivity contribution in [2.45, 2.75) is 44.0 Å². The van der Waals surface area contributed by atoms with E-state index in [1.165, 1.54) is 36.9 Å². The molecule has 0 saturated carbocycles. The number of carboxylic acid groups (broad SMARTS) is 2. The zero-order valence-corrected chi connectivity index (χ0v) is 29.4. The Morgan fingerprint density at radius 2 is 2.10 bits per heavy atom. The Hall–Kier alpha value is -4.98. The lowest BCUT2D eigenvalue weighted by Gasteiger charge is -2.50. The number of carboxylic acids is 2. The molecule has 20 heteroatoms. The lowest BCUT2D eigenvalue weighted by atomic mass is 10.0. The van der Waals surface area contributed by atoms with Gasteiger partial charge in [0, 0.05) is 44.8 Å². The fourth-order valence-corrected chi connectivity index (χ4v) is 8.40. The summed E-state index contributed by atoms with van der Waals surface area (Å²) in [5, 5.41) is 37.8. The highest BCUT2D eigenvalue weighted by Gasteiger charge is 2.53. The molecule has 0 spiro atoms. The lowest BCUT2D eigenvalue weighted by molar-refractivity contribution is -0.687. The maximum absolute atomic E-state index is 13.5. The minimum Gasteiger partial charge on any atom is -0.543 e. The van der Waals surface area contributed by atoms with Crippen molar-refractivity contribution >= 4 is 97.4 Å². The number of carbonyl (C=O) groups is 4. The van der Waals surface area contributed by atoms with Crippen LogP contribution in [-0.4, -0.2) is 77.6 Å². The Bertz CT molecular complexity index is 2150. The van der Waals surface area contributed by atoms with Gasteiger partial charge in [0.15, 0.2) is 29.8 Å². The predicted octanol–water partition coefficient (Wildman–Crippen LogP) is 0.703. The number of rotatable bonds is 12. The van der Waals surface area contributed by atoms with Gasteiger partial charge < -0.3 is 41.2 Å². The molecule has 50 heavy (non-hydrogen) atoms. The molecule has 0 radical (unpaired) electrons. The van der Waals surface area contributed by atoms with Crippen LogP contribution in [0.3, 0.4) is 0 Å². The summed E-state index contributed by atoms with van der Waals surface area (Å²) in [6.07, 6.45) is 5.64. The molecule has 2 atom stereocenters. The van der Waals surface area contributed by atoms with Gasteiger partial charge in [-0.05, 0) is 26.0 Å². The highest BCUT2D eigenvalue weighted by molar-refractivity contribution is 8.00. The van der Waals surface area contributed by atoms with Crippen LogP contribution in [-0.2, 0) is 37.1 Å². The molecule has 1 fully saturated rings. The Morgan fingerprint density at radius 1 is 1.34 bits per heavy atom. The summed E-state index contributed by atoms with van der Waals surface area (Å²) in [7, 11) is 0. The van der Waals surface area contributed by atoms with Crippen LogP contribution in [0, 0.1) is 5.41 Å². The summed E-state index contributed by atoms with van der Waals surface area (Å²) in [4.78, 5) is 62.1. The number of nitrogen functional groups attached to an aromatic ring is 2. The van der Waals surface area contributed by atoms with Crippen molar-refractivity contribution in [1.29, 1.82) is 5.41 Å². The number of amides is 2. The van der Waals surface area contributed by atoms with Crippen LogP contribution in [0.5, 0.6) is 0 Å². The molecular weight excluding hydrogens is 730 g/mol. The van der Waals surface area contributed by atoms with Gasteiger partial charge in [0.25, 0.3) is 11.8 Å². The van der Waals surface area contributed by atoms with E-state index in [0.717, 1.165) is 32.0 Å². The van der Waals surface area contributed by atoms with Gasteiger partial charge in [0.05, 0.1) is 18.2 Å². The van der Waals surface area contributed by atoms with Crippen LogP contribution in [0.25, 0.3) is 10.9 Å². The van der Waals surface area contributed by atoms with Gasteiger partial charge in [0.1, 0.15) is 32.8 Å². The monoisotopic (exact) mass is 757 g/mol. The first-order chi connectivity index (χ1) is 23.6. The number of nitrogens with one attached hydrogen (secondary N) is 2. The normalized spacial score (nSPS) is 17.8. The average Bonchev–Trinajstić information content (AvgIpc) is 3.78. The number of halogens is 1. The highest BCUT2D eigenvalue weighted by atomic mass is 35.5. The van der Waals surface area contributed by atoms with Crippen LogP contribution in [0.1, 0.15) is 30.0 Å². The number of oxime groups is 1. The Kier molecular flexibility index (Phi) is 9.33. The SMILES string of the molecule is CC(C)(O/N=C(\C(=O)N[C@@H]1C(=O)N2C(C(=O)[O-])=C(C[n+]3ccc4ccn(Cc5cc(C(=N)N)cs5)c4c3)CS[C@H]12)c1nc(N)sc1Cl)C(=O)O. The number of anilines is 1. The van der Waals surface area contributed by atoms with Crippen molar-refractivity contribution < 1.29 is 38.8 Å². The van der Waals surface area contributed by atoms with E-state index in [1.54, 1.807) is 0 Å². The number of aliphatic carboxylic acids is 2. The zero-order chi connectivity index (χ0) is 36.1. The second-order valence-electron chi connectivity index (χ2n) is 11.7. The van der Waals surface area contributed by atoms with E-state index >= 15 is 0 Å². The largest absolute Gasteiger partial charge is 0.543 e. The fraction of sp³-hybridized carbons (Fsp3) is 0.267. The molecule has 2 amide bonds. The zero-order valence-electron chi connectivity index (χ0n) is 26.2. The van der Waals surface area contributed by atoms with Gasteiger partial charge in [-0.1, -0.05) is 28.1 Å². The third-order valence-electron chi connectivity index (χ3n) is 7.89. The molecule has 260 valence electrons. The van der Waals surface area contributed by atoms with Gasteiger partial charge in [-0.25, -0.2) is 9.78 Å².